The first kappa shape index (κ1) is 13.3. The Bertz CT molecular complexity index is 562. The third-order valence-corrected chi connectivity index (χ3v) is 2.61. The quantitative estimate of drug-likeness (QED) is 0.645. The summed E-state index contributed by atoms with van der Waals surface area (Å²) in [5.74, 6) is 3.92. The molecule has 5 nitrogen and oxygen atoms in total. The molecule has 1 aromatic heterocycles. The van der Waals surface area contributed by atoms with Gasteiger partial charge in [-0.25, -0.2) is 14.2 Å². The number of aromatic nitrogens is 2. The fourth-order valence-electron chi connectivity index (χ4n) is 1.64. The topological polar surface area (TPSA) is 73.1 Å². The van der Waals surface area contributed by atoms with Crippen LogP contribution in [0.25, 0.3) is 0 Å². The zero-order valence-electron chi connectivity index (χ0n) is 10.1. The number of nitrogens with zero attached hydrogens (tertiary/aromatic N) is 2. The highest BCUT2D eigenvalue weighted by atomic mass is 19.2. The largest absolute Gasteiger partial charge is 0.480 e. The number of hydrogen-bond acceptors (Lipinski definition) is 5. The smallest absolute Gasteiger partial charge is 0.233 e. The molecule has 19 heavy (non-hydrogen) atoms. The van der Waals surface area contributed by atoms with Crippen LogP contribution in [0.3, 0.4) is 0 Å². The molecular weight excluding hydrogens is 254 g/mol. The summed E-state index contributed by atoms with van der Waals surface area (Å²) in [6, 6.07) is 6.17. The van der Waals surface area contributed by atoms with Crippen molar-refractivity contribution >= 4 is 0 Å². The highest BCUT2D eigenvalue weighted by Gasteiger charge is 2.16. The van der Waals surface area contributed by atoms with Crippen molar-refractivity contribution in [1.29, 1.82) is 0 Å². The highest BCUT2D eigenvalue weighted by molar-refractivity contribution is 5.28. The zero-order chi connectivity index (χ0) is 13.8. The number of halogens is 2. The lowest BCUT2D eigenvalue weighted by molar-refractivity contribution is 0.390. The third kappa shape index (κ3) is 2.83. The monoisotopic (exact) mass is 266 g/mol. The van der Waals surface area contributed by atoms with E-state index in [0.29, 0.717) is 17.1 Å². The minimum Gasteiger partial charge on any atom is -0.480 e. The summed E-state index contributed by atoms with van der Waals surface area (Å²) >= 11 is 0. The maximum absolute atomic E-state index is 13.2. The number of hydrogen-bond donors (Lipinski definition) is 2. The molecule has 0 spiro atoms. The van der Waals surface area contributed by atoms with Gasteiger partial charge in [0, 0.05) is 6.07 Å². The number of ether oxygens (including phenoxy) is 1. The van der Waals surface area contributed by atoms with Gasteiger partial charge in [0.2, 0.25) is 5.88 Å². The average Bonchev–Trinajstić information content (AvgIpc) is 2.44. The summed E-state index contributed by atoms with van der Waals surface area (Å²) in [5, 5.41) is 7.71. The summed E-state index contributed by atoms with van der Waals surface area (Å²) in [6.07, 6.45) is 0. The maximum Gasteiger partial charge on any atom is 0.233 e. The van der Waals surface area contributed by atoms with Gasteiger partial charge in [-0.05, 0) is 23.8 Å². The standard InChI is InChI=1S/C12H12F2N4O/c1-19-11-5-4-10(17-18-11)12(16-15)7-2-3-8(13)9(14)6-7/h2-6,12,16H,15H2,1H3. The second-order valence-corrected chi connectivity index (χ2v) is 3.77. The average molecular weight is 266 g/mol. The summed E-state index contributed by atoms with van der Waals surface area (Å²) in [6.45, 7) is 0. The van der Waals surface area contributed by atoms with Crippen LogP contribution in [0.5, 0.6) is 5.88 Å². The Balaban J connectivity index is 2.34. The van der Waals surface area contributed by atoms with Crippen LogP contribution in [0.4, 0.5) is 8.78 Å². The molecule has 0 bridgehead atoms. The van der Waals surface area contributed by atoms with Gasteiger partial charge in [0.25, 0.3) is 0 Å². The van der Waals surface area contributed by atoms with Crippen molar-refractivity contribution in [3.63, 3.8) is 0 Å². The Labute approximate surface area is 108 Å². The Morgan fingerprint density at radius 3 is 2.47 bits per heavy atom. The molecule has 0 aliphatic carbocycles. The van der Waals surface area contributed by atoms with Crippen LogP contribution in [-0.4, -0.2) is 17.3 Å². The lowest BCUT2D eigenvalue weighted by Crippen LogP contribution is -2.29. The first-order valence-electron chi connectivity index (χ1n) is 5.44. The molecule has 7 heteroatoms. The van der Waals surface area contributed by atoms with Gasteiger partial charge in [-0.1, -0.05) is 6.07 Å². The van der Waals surface area contributed by atoms with E-state index in [1.54, 1.807) is 12.1 Å². The summed E-state index contributed by atoms with van der Waals surface area (Å²) < 4.78 is 31.0. The fourth-order valence-corrected chi connectivity index (χ4v) is 1.64. The predicted octanol–water partition coefficient (Wildman–Crippen LogP) is 1.32. The first-order chi connectivity index (χ1) is 9.15. The van der Waals surface area contributed by atoms with E-state index in [4.69, 9.17) is 10.6 Å². The molecule has 0 aliphatic rings. The molecule has 3 N–H and O–H groups in total. The van der Waals surface area contributed by atoms with Gasteiger partial charge < -0.3 is 4.74 Å². The van der Waals surface area contributed by atoms with Crippen molar-refractivity contribution < 1.29 is 13.5 Å². The molecule has 0 radical (unpaired) electrons. The molecule has 1 atom stereocenters. The van der Waals surface area contributed by atoms with E-state index >= 15 is 0 Å². The molecule has 2 aromatic rings. The number of nitrogens with two attached hydrogens (primary N) is 1. The van der Waals surface area contributed by atoms with Crippen LogP contribution in [0.2, 0.25) is 0 Å². The number of methoxy groups -OCH3 is 1. The first-order valence-corrected chi connectivity index (χ1v) is 5.44. The van der Waals surface area contributed by atoms with Crippen molar-refractivity contribution in [1.82, 2.24) is 15.6 Å². The SMILES string of the molecule is COc1ccc(C(NN)c2ccc(F)c(F)c2)nn1. The molecule has 1 aromatic carbocycles. The molecule has 0 saturated heterocycles. The molecule has 100 valence electrons. The predicted molar refractivity (Wildman–Crippen MR) is 64.1 cm³/mol. The van der Waals surface area contributed by atoms with Crippen LogP contribution in [0.15, 0.2) is 30.3 Å². The van der Waals surface area contributed by atoms with Crippen LogP contribution < -0.4 is 16.0 Å². The molecule has 0 fully saturated rings. The summed E-state index contributed by atoms with van der Waals surface area (Å²) in [7, 11) is 1.47. The van der Waals surface area contributed by atoms with E-state index in [1.807, 2.05) is 0 Å². The molecule has 2 rings (SSSR count). The van der Waals surface area contributed by atoms with E-state index in [-0.39, 0.29) is 0 Å². The van der Waals surface area contributed by atoms with Gasteiger partial charge in [-0.15, -0.1) is 10.2 Å². The Morgan fingerprint density at radius 2 is 1.95 bits per heavy atom. The van der Waals surface area contributed by atoms with Crippen LogP contribution in [0.1, 0.15) is 17.3 Å². The zero-order valence-corrected chi connectivity index (χ0v) is 10.1. The number of hydrazine groups is 1. The molecular formula is C12H12F2N4O. The fraction of sp³-hybridized carbons (Fsp3) is 0.167. The highest BCUT2D eigenvalue weighted by Crippen LogP contribution is 2.21. The van der Waals surface area contributed by atoms with E-state index in [1.165, 1.54) is 13.2 Å². The molecule has 0 amide bonds. The van der Waals surface area contributed by atoms with Crippen molar-refractivity contribution in [3.05, 3.63) is 53.2 Å². The Hall–Kier alpha value is -2.12. The number of nitrogens with one attached hydrogen (secondary N) is 1. The van der Waals surface area contributed by atoms with Crippen molar-refractivity contribution in [2.45, 2.75) is 6.04 Å². The summed E-state index contributed by atoms with van der Waals surface area (Å²) in [4.78, 5) is 0. The van der Waals surface area contributed by atoms with Gasteiger partial charge in [-0.3, -0.25) is 5.84 Å². The molecule has 1 unspecified atom stereocenters. The van der Waals surface area contributed by atoms with Gasteiger partial charge in [0.15, 0.2) is 11.6 Å². The van der Waals surface area contributed by atoms with Crippen molar-refractivity contribution in [3.8, 4) is 5.88 Å². The third-order valence-electron chi connectivity index (χ3n) is 2.61. The Kier molecular flexibility index (Phi) is 3.98. The molecule has 0 aliphatic heterocycles. The lowest BCUT2D eigenvalue weighted by atomic mass is 10.0. The van der Waals surface area contributed by atoms with E-state index in [2.05, 4.69) is 15.6 Å². The minimum absolute atomic E-state index is 0.352. The van der Waals surface area contributed by atoms with Gasteiger partial charge in [-0.2, -0.15) is 0 Å². The molecule has 0 saturated carbocycles. The van der Waals surface area contributed by atoms with Gasteiger partial charge in [0.1, 0.15) is 0 Å². The van der Waals surface area contributed by atoms with Gasteiger partial charge >= 0.3 is 0 Å². The van der Waals surface area contributed by atoms with Gasteiger partial charge in [0.05, 0.1) is 18.8 Å². The maximum atomic E-state index is 13.2. The number of benzene rings is 1. The number of rotatable bonds is 4. The molecule has 1 heterocycles. The van der Waals surface area contributed by atoms with E-state index in [0.717, 1.165) is 12.1 Å². The van der Waals surface area contributed by atoms with Crippen molar-refractivity contribution in [2.24, 2.45) is 5.84 Å². The summed E-state index contributed by atoms with van der Waals surface area (Å²) in [5.41, 5.74) is 3.40. The Morgan fingerprint density at radius 1 is 1.16 bits per heavy atom. The van der Waals surface area contributed by atoms with Crippen LogP contribution in [-0.2, 0) is 0 Å². The van der Waals surface area contributed by atoms with Crippen molar-refractivity contribution in [2.75, 3.05) is 7.11 Å². The van der Waals surface area contributed by atoms with Crippen LogP contribution >= 0.6 is 0 Å². The van der Waals surface area contributed by atoms with E-state index < -0.39 is 17.7 Å². The lowest BCUT2D eigenvalue weighted by Gasteiger charge is -2.15. The van der Waals surface area contributed by atoms with Crippen LogP contribution in [0, 0.1) is 11.6 Å². The second-order valence-electron chi connectivity index (χ2n) is 3.77. The second kappa shape index (κ2) is 5.68. The van der Waals surface area contributed by atoms with E-state index in [9.17, 15) is 8.78 Å². The minimum atomic E-state index is -0.945. The normalized spacial score (nSPS) is 12.2.